The van der Waals surface area contributed by atoms with Gasteiger partial charge in [-0.2, -0.15) is 0 Å². The van der Waals surface area contributed by atoms with E-state index >= 15 is 0 Å². The van der Waals surface area contributed by atoms with Gasteiger partial charge in [-0.3, -0.25) is 20.5 Å². The van der Waals surface area contributed by atoms with Crippen LogP contribution in [0.3, 0.4) is 0 Å². The van der Waals surface area contributed by atoms with E-state index in [0.717, 1.165) is 0 Å². The fourth-order valence-electron chi connectivity index (χ4n) is 1.79. The highest BCUT2D eigenvalue weighted by atomic mass is 16.3. The van der Waals surface area contributed by atoms with E-state index in [1.54, 1.807) is 29.3 Å². The maximum absolute atomic E-state index is 11.6. The van der Waals surface area contributed by atoms with Crippen LogP contribution in [0.15, 0.2) is 24.4 Å². The second kappa shape index (κ2) is 5.76. The highest BCUT2D eigenvalue weighted by Gasteiger charge is 2.30. The van der Waals surface area contributed by atoms with Gasteiger partial charge in [-0.05, 0) is 12.1 Å². The van der Waals surface area contributed by atoms with Gasteiger partial charge in [0.15, 0.2) is 0 Å². The molecule has 1 fully saturated rings. The number of hydrazine groups is 1. The van der Waals surface area contributed by atoms with Crippen molar-refractivity contribution in [2.24, 2.45) is 0 Å². The van der Waals surface area contributed by atoms with Crippen LogP contribution < -0.4 is 10.9 Å². The van der Waals surface area contributed by atoms with Crippen LogP contribution in [0.1, 0.15) is 0 Å². The number of carbonyl (C=O) groups excluding carboxylic acids is 1. The molecule has 0 aromatic carbocycles. The number of pyridine rings is 1. The van der Waals surface area contributed by atoms with E-state index < -0.39 is 12.2 Å². The number of nitrogens with one attached hydrogen (secondary N) is 2. The summed E-state index contributed by atoms with van der Waals surface area (Å²) in [7, 11) is 0. The summed E-state index contributed by atoms with van der Waals surface area (Å²) in [4.78, 5) is 17.3. The van der Waals surface area contributed by atoms with Crippen molar-refractivity contribution in [3.8, 4) is 0 Å². The topological polar surface area (TPSA) is 97.7 Å². The van der Waals surface area contributed by atoms with Crippen molar-refractivity contribution in [1.82, 2.24) is 15.3 Å². The molecule has 0 radical (unpaired) electrons. The summed E-state index contributed by atoms with van der Waals surface area (Å²) in [5.41, 5.74) is 5.18. The molecule has 7 nitrogen and oxygen atoms in total. The third kappa shape index (κ3) is 3.39. The molecule has 2 unspecified atom stereocenters. The number of likely N-dealkylation sites (tertiary alicyclic amines) is 1. The Kier molecular flexibility index (Phi) is 4.08. The van der Waals surface area contributed by atoms with E-state index in [0.29, 0.717) is 18.9 Å². The van der Waals surface area contributed by atoms with Crippen LogP contribution in [0.2, 0.25) is 0 Å². The van der Waals surface area contributed by atoms with Crippen molar-refractivity contribution in [2.45, 2.75) is 12.2 Å². The molecular formula is C11H16N4O3. The molecule has 18 heavy (non-hydrogen) atoms. The molecule has 2 atom stereocenters. The molecule has 1 aromatic rings. The van der Waals surface area contributed by atoms with Crippen molar-refractivity contribution in [1.29, 1.82) is 0 Å². The van der Waals surface area contributed by atoms with Crippen LogP contribution in [-0.4, -0.2) is 57.8 Å². The Bertz CT molecular complexity index is 391. The molecule has 1 saturated heterocycles. The predicted octanol–water partition coefficient (Wildman–Crippen LogP) is -1.44. The fraction of sp³-hybridized carbons (Fsp3) is 0.455. The lowest BCUT2D eigenvalue weighted by Crippen LogP contribution is -2.39. The van der Waals surface area contributed by atoms with Crippen LogP contribution in [0.25, 0.3) is 0 Å². The maximum Gasteiger partial charge on any atom is 0.252 e. The molecular weight excluding hydrogens is 236 g/mol. The second-order valence-electron chi connectivity index (χ2n) is 4.22. The number of nitrogens with zero attached hydrogens (tertiary/aromatic N) is 2. The molecule has 1 amide bonds. The first-order valence-electron chi connectivity index (χ1n) is 5.69. The van der Waals surface area contributed by atoms with Gasteiger partial charge in [0.1, 0.15) is 5.82 Å². The first kappa shape index (κ1) is 12.7. The highest BCUT2D eigenvalue weighted by Crippen LogP contribution is 2.08. The lowest BCUT2D eigenvalue weighted by Gasteiger charge is -2.14. The molecule has 1 aliphatic heterocycles. The van der Waals surface area contributed by atoms with E-state index in [9.17, 15) is 15.0 Å². The van der Waals surface area contributed by atoms with Crippen LogP contribution >= 0.6 is 0 Å². The minimum absolute atomic E-state index is 0.119. The quantitative estimate of drug-likeness (QED) is 0.490. The zero-order valence-electron chi connectivity index (χ0n) is 9.78. The molecule has 2 heterocycles. The number of aliphatic hydroxyl groups excluding tert-OH is 2. The second-order valence-corrected chi connectivity index (χ2v) is 4.22. The predicted molar refractivity (Wildman–Crippen MR) is 64.5 cm³/mol. The van der Waals surface area contributed by atoms with Crippen molar-refractivity contribution < 1.29 is 15.0 Å². The van der Waals surface area contributed by atoms with Gasteiger partial charge in [0.2, 0.25) is 0 Å². The monoisotopic (exact) mass is 252 g/mol. The molecule has 0 bridgehead atoms. The van der Waals surface area contributed by atoms with Gasteiger partial charge in [-0.1, -0.05) is 6.07 Å². The first-order valence-corrected chi connectivity index (χ1v) is 5.69. The number of aliphatic hydroxyl groups is 2. The fourth-order valence-corrected chi connectivity index (χ4v) is 1.79. The van der Waals surface area contributed by atoms with Gasteiger partial charge in [-0.25, -0.2) is 4.98 Å². The van der Waals surface area contributed by atoms with Gasteiger partial charge < -0.3 is 10.2 Å². The van der Waals surface area contributed by atoms with Crippen molar-refractivity contribution in [3.63, 3.8) is 0 Å². The largest absolute Gasteiger partial charge is 0.389 e. The summed E-state index contributed by atoms with van der Waals surface area (Å²) < 4.78 is 0. The van der Waals surface area contributed by atoms with E-state index in [1.807, 2.05) is 0 Å². The third-order valence-corrected chi connectivity index (χ3v) is 2.70. The molecule has 0 spiro atoms. The zero-order valence-corrected chi connectivity index (χ0v) is 9.78. The summed E-state index contributed by atoms with van der Waals surface area (Å²) in [5.74, 6) is 0.300. The summed E-state index contributed by atoms with van der Waals surface area (Å²) in [6.07, 6.45) is 0.0601. The van der Waals surface area contributed by atoms with E-state index in [1.165, 1.54) is 0 Å². The Morgan fingerprint density at radius 3 is 2.72 bits per heavy atom. The Hall–Kier alpha value is -1.70. The molecule has 0 aliphatic carbocycles. The first-order chi connectivity index (χ1) is 8.65. The zero-order chi connectivity index (χ0) is 13.0. The van der Waals surface area contributed by atoms with Crippen LogP contribution in [0, 0.1) is 0 Å². The summed E-state index contributed by atoms with van der Waals surface area (Å²) >= 11 is 0. The van der Waals surface area contributed by atoms with Crippen molar-refractivity contribution in [2.75, 3.05) is 25.1 Å². The van der Waals surface area contributed by atoms with E-state index in [4.69, 9.17) is 0 Å². The number of carbonyl (C=O) groups is 1. The minimum atomic E-state index is -0.776. The summed E-state index contributed by atoms with van der Waals surface area (Å²) in [6.45, 7) is 0.726. The third-order valence-electron chi connectivity index (χ3n) is 2.70. The van der Waals surface area contributed by atoms with Crippen molar-refractivity contribution in [3.05, 3.63) is 24.4 Å². The Labute approximate surface area is 104 Å². The van der Waals surface area contributed by atoms with Gasteiger partial charge in [0.25, 0.3) is 5.91 Å². The van der Waals surface area contributed by atoms with Crippen LogP contribution in [0.4, 0.5) is 5.82 Å². The summed E-state index contributed by atoms with van der Waals surface area (Å²) in [5, 5.41) is 18.7. The molecule has 7 heteroatoms. The number of rotatable bonds is 4. The average Bonchev–Trinajstić information content (AvgIpc) is 2.67. The molecule has 4 N–H and O–H groups in total. The Morgan fingerprint density at radius 2 is 2.11 bits per heavy atom. The average molecular weight is 252 g/mol. The van der Waals surface area contributed by atoms with Gasteiger partial charge in [-0.15, -0.1) is 0 Å². The van der Waals surface area contributed by atoms with Gasteiger partial charge in [0.05, 0.1) is 18.8 Å². The number of aromatic nitrogens is 1. The Morgan fingerprint density at radius 1 is 1.39 bits per heavy atom. The standard InChI is InChI=1S/C11H16N4O3/c16-8-5-15(6-9(8)17)7-11(18)14-13-10-3-1-2-4-12-10/h1-4,8-9,16-17H,5-7H2,(H,12,13)(H,14,18). The van der Waals surface area contributed by atoms with Gasteiger partial charge >= 0.3 is 0 Å². The normalized spacial score (nSPS) is 23.9. The van der Waals surface area contributed by atoms with E-state index in [2.05, 4.69) is 15.8 Å². The SMILES string of the molecule is O=C(CN1CC(O)C(O)C1)NNc1ccccn1. The number of β-amino-alcohol motifs (C(OH)–C–C–N with tert-alkyl or cyclic N) is 2. The van der Waals surface area contributed by atoms with Gasteiger partial charge in [0, 0.05) is 19.3 Å². The van der Waals surface area contributed by atoms with E-state index in [-0.39, 0.29) is 12.5 Å². The number of anilines is 1. The molecule has 0 saturated carbocycles. The number of hydrogen-bond acceptors (Lipinski definition) is 6. The maximum atomic E-state index is 11.6. The summed E-state index contributed by atoms with van der Waals surface area (Å²) in [6, 6.07) is 5.30. The lowest BCUT2D eigenvalue weighted by atomic mass is 10.3. The molecule has 1 aliphatic rings. The minimum Gasteiger partial charge on any atom is -0.389 e. The highest BCUT2D eigenvalue weighted by molar-refractivity contribution is 5.79. The Balaban J connectivity index is 1.73. The van der Waals surface area contributed by atoms with Crippen LogP contribution in [0.5, 0.6) is 0 Å². The van der Waals surface area contributed by atoms with Crippen LogP contribution in [-0.2, 0) is 4.79 Å². The molecule has 2 rings (SSSR count). The number of hydrogen-bond donors (Lipinski definition) is 4. The smallest absolute Gasteiger partial charge is 0.252 e. The molecule has 98 valence electrons. The number of amides is 1. The lowest BCUT2D eigenvalue weighted by molar-refractivity contribution is -0.121. The molecule has 1 aromatic heterocycles. The van der Waals surface area contributed by atoms with Crippen molar-refractivity contribution >= 4 is 11.7 Å².